The normalized spacial score (nSPS) is 14.0. The molecule has 1 aromatic carbocycles. The summed E-state index contributed by atoms with van der Waals surface area (Å²) in [5.74, 6) is -1.88. The molecule has 6 heteroatoms. The van der Waals surface area contributed by atoms with E-state index in [4.69, 9.17) is 5.73 Å². The van der Waals surface area contributed by atoms with Crippen LogP contribution in [-0.2, 0) is 0 Å². The van der Waals surface area contributed by atoms with Gasteiger partial charge in [0.15, 0.2) is 0 Å². The molecule has 0 aliphatic heterocycles. The second-order valence-electron chi connectivity index (χ2n) is 3.13. The largest absolute Gasteiger partial charge is 0.390 e. The Balaban J connectivity index is 2.86. The number of nitrogens with two attached hydrogens (primary N) is 1. The second kappa shape index (κ2) is 4.14. The zero-order chi connectivity index (χ0) is 11.6. The summed E-state index contributed by atoms with van der Waals surface area (Å²) in [5, 5.41) is 0. The van der Waals surface area contributed by atoms with Gasteiger partial charge in [-0.05, 0) is 17.7 Å². The molecule has 0 aliphatic rings. The Morgan fingerprint density at radius 2 is 1.53 bits per heavy atom. The Kier molecular flexibility index (Phi) is 3.28. The molecule has 15 heavy (non-hydrogen) atoms. The summed E-state index contributed by atoms with van der Waals surface area (Å²) < 4.78 is 61.1. The summed E-state index contributed by atoms with van der Waals surface area (Å²) in [4.78, 5) is 0. The summed E-state index contributed by atoms with van der Waals surface area (Å²) in [6.07, 6.45) is -5.77. The van der Waals surface area contributed by atoms with Crippen LogP contribution in [0.5, 0.6) is 0 Å². The van der Waals surface area contributed by atoms with Crippen LogP contribution in [0.25, 0.3) is 0 Å². The zero-order valence-corrected chi connectivity index (χ0v) is 7.48. The van der Waals surface area contributed by atoms with E-state index in [0.29, 0.717) is 6.07 Å². The van der Waals surface area contributed by atoms with Gasteiger partial charge in [0, 0.05) is 12.1 Å². The minimum atomic E-state index is -4.46. The maximum absolute atomic E-state index is 12.6. The predicted octanol–water partition coefficient (Wildman–Crippen LogP) is 2.92. The molecule has 0 spiro atoms. The van der Waals surface area contributed by atoms with E-state index >= 15 is 0 Å². The smallest absolute Gasteiger partial charge is 0.324 e. The first-order chi connectivity index (χ1) is 6.78. The van der Waals surface area contributed by atoms with Crippen LogP contribution in [0.15, 0.2) is 18.2 Å². The monoisotopic (exact) mass is 225 g/mol. The van der Waals surface area contributed by atoms with Gasteiger partial charge in [0.2, 0.25) is 0 Å². The molecule has 0 fully saturated rings. The highest BCUT2D eigenvalue weighted by Gasteiger charge is 2.31. The van der Waals surface area contributed by atoms with Gasteiger partial charge < -0.3 is 5.73 Å². The molecular weight excluding hydrogens is 217 g/mol. The van der Waals surface area contributed by atoms with Gasteiger partial charge in [-0.3, -0.25) is 0 Å². The third-order valence-electron chi connectivity index (χ3n) is 1.76. The van der Waals surface area contributed by atoms with Crippen molar-refractivity contribution in [3.63, 3.8) is 0 Å². The SMILES string of the molecule is N[C@H](CC(F)(F)F)c1cc(F)cc(F)c1. The van der Waals surface area contributed by atoms with Gasteiger partial charge in [-0.2, -0.15) is 13.2 Å². The Morgan fingerprint density at radius 3 is 1.93 bits per heavy atom. The fraction of sp³-hybridized carbons (Fsp3) is 0.333. The van der Waals surface area contributed by atoms with E-state index in [1.54, 1.807) is 0 Å². The van der Waals surface area contributed by atoms with Gasteiger partial charge in [-0.15, -0.1) is 0 Å². The van der Waals surface area contributed by atoms with Crippen molar-refractivity contribution in [3.05, 3.63) is 35.4 Å². The molecule has 0 bridgehead atoms. The van der Waals surface area contributed by atoms with Crippen LogP contribution in [0.4, 0.5) is 22.0 Å². The van der Waals surface area contributed by atoms with E-state index in [-0.39, 0.29) is 5.56 Å². The number of halogens is 5. The molecule has 84 valence electrons. The lowest BCUT2D eigenvalue weighted by Gasteiger charge is -2.14. The first kappa shape index (κ1) is 11.9. The average molecular weight is 225 g/mol. The second-order valence-corrected chi connectivity index (χ2v) is 3.13. The van der Waals surface area contributed by atoms with Crippen LogP contribution in [0, 0.1) is 11.6 Å². The van der Waals surface area contributed by atoms with E-state index < -0.39 is 30.3 Å². The van der Waals surface area contributed by atoms with Crippen LogP contribution in [0.3, 0.4) is 0 Å². The topological polar surface area (TPSA) is 26.0 Å². The summed E-state index contributed by atoms with van der Waals surface area (Å²) in [7, 11) is 0. The van der Waals surface area contributed by atoms with Gasteiger partial charge in [0.05, 0.1) is 6.42 Å². The first-order valence-electron chi connectivity index (χ1n) is 4.06. The lowest BCUT2D eigenvalue weighted by molar-refractivity contribution is -0.138. The van der Waals surface area contributed by atoms with E-state index in [1.807, 2.05) is 0 Å². The molecule has 0 unspecified atom stereocenters. The summed E-state index contributed by atoms with van der Waals surface area (Å²) in [6.45, 7) is 0. The minimum absolute atomic E-state index is 0.204. The van der Waals surface area contributed by atoms with Crippen LogP contribution < -0.4 is 5.73 Å². The van der Waals surface area contributed by atoms with Crippen molar-refractivity contribution in [1.29, 1.82) is 0 Å². The molecule has 0 radical (unpaired) electrons. The molecule has 0 saturated carbocycles. The van der Waals surface area contributed by atoms with Crippen LogP contribution >= 0.6 is 0 Å². The number of alkyl halides is 3. The van der Waals surface area contributed by atoms with Crippen molar-refractivity contribution in [2.45, 2.75) is 18.6 Å². The molecule has 0 aromatic heterocycles. The third-order valence-corrected chi connectivity index (χ3v) is 1.76. The summed E-state index contributed by atoms with van der Waals surface area (Å²) in [5.41, 5.74) is 4.96. The molecule has 0 saturated heterocycles. The first-order valence-corrected chi connectivity index (χ1v) is 4.06. The van der Waals surface area contributed by atoms with Crippen molar-refractivity contribution in [2.75, 3.05) is 0 Å². The Morgan fingerprint density at radius 1 is 1.07 bits per heavy atom. The third kappa shape index (κ3) is 3.83. The Hall–Kier alpha value is -1.17. The Bertz CT molecular complexity index is 327. The standard InChI is InChI=1S/C9H8F5N/c10-6-1-5(2-7(11)3-6)8(15)4-9(12,13)14/h1-3,8H,4,15H2/t8-/m1/s1. The molecule has 2 N–H and O–H groups in total. The predicted molar refractivity (Wildman–Crippen MR) is 44.0 cm³/mol. The van der Waals surface area contributed by atoms with E-state index in [9.17, 15) is 22.0 Å². The van der Waals surface area contributed by atoms with Gasteiger partial charge >= 0.3 is 6.18 Å². The number of rotatable bonds is 2. The molecule has 1 aromatic rings. The number of hydrogen-bond donors (Lipinski definition) is 1. The van der Waals surface area contributed by atoms with Crippen molar-refractivity contribution in [1.82, 2.24) is 0 Å². The van der Waals surface area contributed by atoms with Gasteiger partial charge in [0.25, 0.3) is 0 Å². The molecule has 0 aliphatic carbocycles. The fourth-order valence-corrected chi connectivity index (χ4v) is 1.16. The minimum Gasteiger partial charge on any atom is -0.324 e. The lowest BCUT2D eigenvalue weighted by atomic mass is 10.0. The van der Waals surface area contributed by atoms with Crippen molar-refractivity contribution >= 4 is 0 Å². The van der Waals surface area contributed by atoms with Crippen molar-refractivity contribution in [2.24, 2.45) is 5.73 Å². The highest BCUT2D eigenvalue weighted by molar-refractivity contribution is 5.21. The summed E-state index contributed by atoms with van der Waals surface area (Å²) in [6, 6.07) is 0.707. The van der Waals surface area contributed by atoms with Crippen molar-refractivity contribution in [3.8, 4) is 0 Å². The highest BCUT2D eigenvalue weighted by Crippen LogP contribution is 2.28. The maximum Gasteiger partial charge on any atom is 0.390 e. The quantitative estimate of drug-likeness (QED) is 0.769. The average Bonchev–Trinajstić information content (AvgIpc) is 1.98. The highest BCUT2D eigenvalue weighted by atomic mass is 19.4. The van der Waals surface area contributed by atoms with Gasteiger partial charge in [-0.1, -0.05) is 0 Å². The zero-order valence-electron chi connectivity index (χ0n) is 7.48. The van der Waals surface area contributed by atoms with Crippen LogP contribution in [0.1, 0.15) is 18.0 Å². The molecule has 0 heterocycles. The molecular formula is C9H8F5N. The van der Waals surface area contributed by atoms with Crippen molar-refractivity contribution < 1.29 is 22.0 Å². The molecule has 1 nitrogen and oxygen atoms in total. The van der Waals surface area contributed by atoms with E-state index in [2.05, 4.69) is 0 Å². The number of benzene rings is 1. The van der Waals surface area contributed by atoms with E-state index in [0.717, 1.165) is 12.1 Å². The van der Waals surface area contributed by atoms with Crippen LogP contribution in [0.2, 0.25) is 0 Å². The van der Waals surface area contributed by atoms with Gasteiger partial charge in [0.1, 0.15) is 11.6 Å². The maximum atomic E-state index is 12.6. The molecule has 1 atom stereocenters. The Labute approximate surface area is 82.7 Å². The summed E-state index contributed by atoms with van der Waals surface area (Å²) >= 11 is 0. The van der Waals surface area contributed by atoms with Crippen LogP contribution in [-0.4, -0.2) is 6.18 Å². The lowest BCUT2D eigenvalue weighted by Crippen LogP contribution is -2.20. The molecule has 1 rings (SSSR count). The van der Waals surface area contributed by atoms with Gasteiger partial charge in [-0.25, -0.2) is 8.78 Å². The number of hydrogen-bond acceptors (Lipinski definition) is 1. The molecule has 0 amide bonds. The van der Waals surface area contributed by atoms with E-state index in [1.165, 1.54) is 0 Å². The fourth-order valence-electron chi connectivity index (χ4n) is 1.16.